The molecular weight excluding hydrogens is 493 g/mol. The van der Waals surface area contributed by atoms with E-state index >= 15 is 0 Å². The number of aliphatic hydroxyl groups excluding tert-OH is 1. The molecule has 1 amide bonds. The number of carbonyl (C=O) groups excluding carboxylic acids is 1. The number of nitrogens with zero attached hydrogens (tertiary/aromatic N) is 2. The first-order valence-electron chi connectivity index (χ1n) is 11.1. The van der Waals surface area contributed by atoms with Crippen LogP contribution in [0.2, 0.25) is 0 Å². The van der Waals surface area contributed by atoms with E-state index in [1.54, 1.807) is 50.0 Å². The number of halogens is 1. The number of rotatable bonds is 7. The van der Waals surface area contributed by atoms with Gasteiger partial charge in [-0.1, -0.05) is 0 Å². The predicted molar refractivity (Wildman–Crippen MR) is 131 cm³/mol. The number of nitrogens with one attached hydrogen (secondary N) is 1. The average molecular weight is 522 g/mol. The Morgan fingerprint density at radius 3 is 2.69 bits per heavy atom. The lowest BCUT2D eigenvalue weighted by molar-refractivity contribution is 0.102. The Bertz CT molecular complexity index is 1360. The molecule has 0 spiro atoms. The molecule has 12 heteroatoms. The summed E-state index contributed by atoms with van der Waals surface area (Å²) in [6, 6.07) is 9.41. The molecule has 194 valence electrons. The molecule has 1 aliphatic heterocycles. The third kappa shape index (κ3) is 6.13. The first-order chi connectivity index (χ1) is 16.6. The van der Waals surface area contributed by atoms with Gasteiger partial charge in [0.15, 0.2) is 15.7 Å². The van der Waals surface area contributed by atoms with Gasteiger partial charge in [0, 0.05) is 37.0 Å². The van der Waals surface area contributed by atoms with Crippen LogP contribution < -0.4 is 19.5 Å². The van der Waals surface area contributed by atoms with Crippen molar-refractivity contribution in [1.29, 1.82) is 0 Å². The maximum absolute atomic E-state index is 12.9. The Hall–Kier alpha value is -3.64. The zero-order valence-corrected chi connectivity index (χ0v) is 20.9. The van der Waals surface area contributed by atoms with Gasteiger partial charge in [0.2, 0.25) is 0 Å². The molecule has 1 atom stereocenters. The van der Waals surface area contributed by atoms with Crippen molar-refractivity contribution in [1.82, 2.24) is 9.78 Å². The van der Waals surface area contributed by atoms with Crippen LogP contribution in [0.25, 0.3) is 0 Å². The molecule has 0 aliphatic carbocycles. The van der Waals surface area contributed by atoms with Crippen LogP contribution >= 0.6 is 0 Å². The largest absolute Gasteiger partial charge is 0.492 e. The molecule has 0 saturated heterocycles. The molecule has 2 N–H and O–H groups in total. The maximum atomic E-state index is 12.9. The maximum Gasteiger partial charge on any atom is 0.257 e. The molecule has 0 radical (unpaired) electrons. The zero-order valence-electron chi connectivity index (χ0n) is 20.1. The Kier molecular flexibility index (Phi) is 8.21. The highest BCUT2D eigenvalue weighted by Gasteiger charge is 2.25. The van der Waals surface area contributed by atoms with Crippen LogP contribution in [0.5, 0.6) is 23.0 Å². The molecule has 0 bridgehead atoms. The molecule has 10 nitrogen and oxygen atoms in total. The number of fused-ring (bicyclic) bond motifs is 1. The van der Waals surface area contributed by atoms with Crippen LogP contribution in [-0.4, -0.2) is 54.3 Å². The van der Waals surface area contributed by atoms with Gasteiger partial charge in [0.1, 0.15) is 34.0 Å². The van der Waals surface area contributed by atoms with Crippen molar-refractivity contribution in [2.45, 2.75) is 31.3 Å². The number of carbonyl (C=O) groups is 1. The summed E-state index contributed by atoms with van der Waals surface area (Å²) in [4.78, 5) is 13.0. The Labute approximate surface area is 208 Å². The van der Waals surface area contributed by atoms with Gasteiger partial charge in [-0.2, -0.15) is 5.10 Å². The van der Waals surface area contributed by atoms with E-state index in [0.717, 1.165) is 0 Å². The lowest BCUT2D eigenvalue weighted by Crippen LogP contribution is -2.17. The number of anilines is 1. The second-order valence-corrected chi connectivity index (χ2v) is 10.4. The van der Waals surface area contributed by atoms with Gasteiger partial charge < -0.3 is 24.6 Å². The average Bonchev–Trinajstić information content (AvgIpc) is 3.15. The summed E-state index contributed by atoms with van der Waals surface area (Å²) in [5.41, 5.74) is 0.840. The minimum Gasteiger partial charge on any atom is -0.492 e. The number of ether oxygens (including phenoxy) is 3. The SMILES string of the molecule is Cc1cc2c(cc1Oc1cc(O[C@@H](C)CO)cc(C(=O)Nc3ccn(C)n3)c1)OCCCS2(=O)=O.F. The fourth-order valence-electron chi connectivity index (χ4n) is 3.55. The Morgan fingerprint density at radius 1 is 1.25 bits per heavy atom. The van der Waals surface area contributed by atoms with E-state index in [2.05, 4.69) is 10.4 Å². The van der Waals surface area contributed by atoms with E-state index in [0.29, 0.717) is 35.1 Å². The second kappa shape index (κ2) is 11.0. The van der Waals surface area contributed by atoms with Crippen molar-refractivity contribution in [3.8, 4) is 23.0 Å². The standard InChI is InChI=1S/C24H27N3O7S.FH/c1-15-9-22-21(32-7-4-8-35(22,30)31)13-20(15)34-19-11-17(10-18(12-19)33-16(2)14-28)24(29)25-23-5-6-27(3)26-23;/h5-6,9-13,16,28H,4,7-8,14H2,1-3H3,(H,25,26,29);1H/t16-;/m0./s1. The van der Waals surface area contributed by atoms with Gasteiger partial charge in [-0.3, -0.25) is 14.2 Å². The molecule has 0 fully saturated rings. The summed E-state index contributed by atoms with van der Waals surface area (Å²) >= 11 is 0. The zero-order chi connectivity index (χ0) is 25.2. The van der Waals surface area contributed by atoms with Crippen molar-refractivity contribution < 1.29 is 37.2 Å². The van der Waals surface area contributed by atoms with E-state index in [1.807, 2.05) is 0 Å². The van der Waals surface area contributed by atoms with E-state index in [4.69, 9.17) is 14.2 Å². The predicted octanol–water partition coefficient (Wildman–Crippen LogP) is 3.24. The third-order valence-electron chi connectivity index (χ3n) is 5.31. The molecule has 1 aromatic heterocycles. The third-order valence-corrected chi connectivity index (χ3v) is 7.13. The second-order valence-electron chi connectivity index (χ2n) is 8.32. The van der Waals surface area contributed by atoms with Crippen molar-refractivity contribution in [3.05, 3.63) is 53.7 Å². The first-order valence-corrected chi connectivity index (χ1v) is 12.7. The fraction of sp³-hybridized carbons (Fsp3) is 0.333. The van der Waals surface area contributed by atoms with Crippen molar-refractivity contribution >= 4 is 21.6 Å². The normalized spacial score (nSPS) is 14.9. The number of benzene rings is 2. The lowest BCUT2D eigenvalue weighted by atomic mass is 10.1. The molecule has 0 saturated carbocycles. The number of aryl methyl sites for hydroxylation is 2. The molecule has 1 aliphatic rings. The van der Waals surface area contributed by atoms with E-state index in [-0.39, 0.29) is 39.9 Å². The lowest BCUT2D eigenvalue weighted by Gasteiger charge is -2.17. The molecule has 2 aromatic carbocycles. The number of amides is 1. The van der Waals surface area contributed by atoms with Crippen LogP contribution in [0.15, 0.2) is 47.5 Å². The van der Waals surface area contributed by atoms with E-state index in [1.165, 1.54) is 18.2 Å². The number of aliphatic hydroxyl groups is 1. The van der Waals surface area contributed by atoms with Crippen LogP contribution in [-0.2, 0) is 16.9 Å². The van der Waals surface area contributed by atoms with Gasteiger partial charge in [-0.25, -0.2) is 8.42 Å². The molecule has 36 heavy (non-hydrogen) atoms. The summed E-state index contributed by atoms with van der Waals surface area (Å²) in [5, 5.41) is 16.2. The summed E-state index contributed by atoms with van der Waals surface area (Å²) in [6.07, 6.45) is 1.60. The van der Waals surface area contributed by atoms with E-state index < -0.39 is 21.8 Å². The molecular formula is C24H28FN3O7S. The summed E-state index contributed by atoms with van der Waals surface area (Å²) in [6.45, 7) is 3.50. The Balaban J connectivity index is 0.00000361. The van der Waals surface area contributed by atoms with Crippen molar-refractivity contribution in [2.24, 2.45) is 7.05 Å². The van der Waals surface area contributed by atoms with Gasteiger partial charge in [0.05, 0.1) is 19.0 Å². The molecule has 2 heterocycles. The summed E-state index contributed by atoms with van der Waals surface area (Å²) < 4.78 is 44.1. The van der Waals surface area contributed by atoms with Gasteiger partial charge in [-0.15, -0.1) is 0 Å². The highest BCUT2D eigenvalue weighted by Crippen LogP contribution is 2.37. The fourth-order valence-corrected chi connectivity index (χ4v) is 5.04. The quantitative estimate of drug-likeness (QED) is 0.485. The van der Waals surface area contributed by atoms with E-state index in [9.17, 15) is 18.3 Å². The van der Waals surface area contributed by atoms with Crippen molar-refractivity contribution in [2.75, 3.05) is 24.3 Å². The van der Waals surface area contributed by atoms with Crippen LogP contribution in [0.4, 0.5) is 10.5 Å². The topological polar surface area (TPSA) is 129 Å². The molecule has 3 aromatic rings. The van der Waals surface area contributed by atoms with Gasteiger partial charge in [0.25, 0.3) is 5.91 Å². The van der Waals surface area contributed by atoms with Crippen LogP contribution in [0.1, 0.15) is 29.3 Å². The molecule has 0 unspecified atom stereocenters. The van der Waals surface area contributed by atoms with Crippen LogP contribution in [0, 0.1) is 6.92 Å². The number of hydrogen-bond donors (Lipinski definition) is 2. The Morgan fingerprint density at radius 2 is 2.00 bits per heavy atom. The van der Waals surface area contributed by atoms with Crippen LogP contribution in [0.3, 0.4) is 0 Å². The first kappa shape index (κ1) is 27.0. The number of hydrogen-bond acceptors (Lipinski definition) is 8. The molecule has 4 rings (SSSR count). The summed E-state index contributed by atoms with van der Waals surface area (Å²) in [5.74, 6) is 1.21. The number of aromatic nitrogens is 2. The van der Waals surface area contributed by atoms with Gasteiger partial charge >= 0.3 is 0 Å². The summed E-state index contributed by atoms with van der Waals surface area (Å²) in [7, 11) is -1.70. The minimum absolute atomic E-state index is 0. The monoisotopic (exact) mass is 521 g/mol. The highest BCUT2D eigenvalue weighted by atomic mass is 32.2. The smallest absolute Gasteiger partial charge is 0.257 e. The minimum atomic E-state index is -3.44. The van der Waals surface area contributed by atoms with Crippen molar-refractivity contribution in [3.63, 3.8) is 0 Å². The number of sulfone groups is 1. The highest BCUT2D eigenvalue weighted by molar-refractivity contribution is 7.91. The van der Waals surface area contributed by atoms with Gasteiger partial charge in [-0.05, 0) is 44.0 Å².